The molecule has 0 fully saturated rings. The van der Waals surface area contributed by atoms with Gasteiger partial charge in [-0.1, -0.05) is 0 Å². The van der Waals surface area contributed by atoms with Gasteiger partial charge < -0.3 is 48.5 Å². The number of carboxylic acid groups (broad SMARTS) is 2. The molecule has 3 unspecified atom stereocenters. The fourth-order valence-corrected chi connectivity index (χ4v) is 2.08. The highest BCUT2D eigenvalue weighted by Gasteiger charge is 2.29. The molecule has 15 heteroatoms. The number of amides is 3. The van der Waals surface area contributed by atoms with Gasteiger partial charge in [-0.25, -0.2) is 0 Å². The van der Waals surface area contributed by atoms with Crippen LogP contribution in [0, 0.1) is 0 Å². The van der Waals surface area contributed by atoms with E-state index in [9.17, 15) is 24.0 Å². The zero-order valence-electron chi connectivity index (χ0n) is 16.0. The number of nitrogens with one attached hydrogen (secondary N) is 3. The summed E-state index contributed by atoms with van der Waals surface area (Å²) in [4.78, 5) is 61.8. The predicted molar refractivity (Wildman–Crippen MR) is 102 cm³/mol. The third-order valence-electron chi connectivity index (χ3n) is 3.54. The van der Waals surface area contributed by atoms with E-state index in [1.807, 2.05) is 5.32 Å². The molecule has 0 aliphatic carbocycles. The first-order chi connectivity index (χ1) is 14.0. The van der Waals surface area contributed by atoms with E-state index in [1.54, 1.807) is 0 Å². The van der Waals surface area contributed by atoms with Crippen LogP contribution in [0.3, 0.4) is 0 Å². The van der Waals surface area contributed by atoms with Crippen molar-refractivity contribution in [3.63, 3.8) is 0 Å². The molecule has 0 aliphatic rings. The standard InChI is InChI=1S/C15H27N7O8/c16-7(6-23)12(28)21-8(2-1-3-19-15(17)18)14(30)22-9(4-10(24)25)13(29)20-5-11(26)27/h7-9,23H,1-6,16H2,(H,20,29)(H,21,28)(H,22,30)(H,24,25)(H,26,27)(H4,17,18,19). The van der Waals surface area contributed by atoms with Gasteiger partial charge >= 0.3 is 11.9 Å². The van der Waals surface area contributed by atoms with Gasteiger partial charge in [0.2, 0.25) is 17.7 Å². The van der Waals surface area contributed by atoms with Crippen LogP contribution in [0.2, 0.25) is 0 Å². The number of carboxylic acids is 2. The number of hydrogen-bond acceptors (Lipinski definition) is 8. The van der Waals surface area contributed by atoms with Crippen LogP contribution in [0.25, 0.3) is 0 Å². The number of aliphatic imine (C=N–C) groups is 1. The molecule has 15 nitrogen and oxygen atoms in total. The van der Waals surface area contributed by atoms with E-state index in [1.165, 1.54) is 0 Å². The van der Waals surface area contributed by atoms with Gasteiger partial charge in [0.1, 0.15) is 24.7 Å². The van der Waals surface area contributed by atoms with Gasteiger partial charge in [-0.05, 0) is 12.8 Å². The second-order valence-corrected chi connectivity index (χ2v) is 6.07. The SMILES string of the molecule is NC(N)=NCCCC(NC(=O)C(N)CO)C(=O)NC(CC(=O)O)C(=O)NCC(=O)O. The van der Waals surface area contributed by atoms with E-state index in [0.717, 1.165) is 0 Å². The minimum Gasteiger partial charge on any atom is -0.481 e. The molecule has 3 atom stereocenters. The Balaban J connectivity index is 5.28. The molecule has 30 heavy (non-hydrogen) atoms. The molecule has 0 radical (unpaired) electrons. The molecular weight excluding hydrogens is 406 g/mol. The Morgan fingerprint density at radius 2 is 1.50 bits per heavy atom. The van der Waals surface area contributed by atoms with E-state index < -0.39 is 67.4 Å². The van der Waals surface area contributed by atoms with Crippen LogP contribution < -0.4 is 33.2 Å². The third-order valence-corrected chi connectivity index (χ3v) is 3.54. The number of hydrogen-bond donors (Lipinski definition) is 9. The van der Waals surface area contributed by atoms with E-state index in [-0.39, 0.29) is 25.3 Å². The lowest BCUT2D eigenvalue weighted by atomic mass is 10.1. The zero-order chi connectivity index (χ0) is 23.3. The maximum Gasteiger partial charge on any atom is 0.322 e. The van der Waals surface area contributed by atoms with E-state index in [2.05, 4.69) is 15.6 Å². The Kier molecular flexibility index (Phi) is 12.1. The van der Waals surface area contributed by atoms with Gasteiger partial charge in [0.25, 0.3) is 0 Å². The highest BCUT2D eigenvalue weighted by Crippen LogP contribution is 2.02. The summed E-state index contributed by atoms with van der Waals surface area (Å²) in [5.74, 6) is -5.79. The summed E-state index contributed by atoms with van der Waals surface area (Å²) in [7, 11) is 0. The van der Waals surface area contributed by atoms with Gasteiger partial charge in [-0.2, -0.15) is 0 Å². The largest absolute Gasteiger partial charge is 0.481 e. The van der Waals surface area contributed by atoms with E-state index in [0.29, 0.717) is 0 Å². The summed E-state index contributed by atoms with van der Waals surface area (Å²) in [5, 5.41) is 32.9. The molecule has 12 N–H and O–H groups in total. The van der Waals surface area contributed by atoms with Crippen molar-refractivity contribution >= 4 is 35.6 Å². The zero-order valence-corrected chi connectivity index (χ0v) is 16.0. The van der Waals surface area contributed by atoms with Crippen molar-refractivity contribution in [2.45, 2.75) is 37.4 Å². The topological polar surface area (TPSA) is 273 Å². The molecule has 0 rings (SSSR count). The van der Waals surface area contributed by atoms with Crippen molar-refractivity contribution in [1.29, 1.82) is 0 Å². The fraction of sp³-hybridized carbons (Fsp3) is 0.600. The quantitative estimate of drug-likeness (QED) is 0.0710. The Labute approximate surface area is 171 Å². The monoisotopic (exact) mass is 433 g/mol. The van der Waals surface area contributed by atoms with Crippen molar-refractivity contribution in [3.05, 3.63) is 0 Å². The van der Waals surface area contributed by atoms with Crippen molar-refractivity contribution in [1.82, 2.24) is 16.0 Å². The molecule has 170 valence electrons. The summed E-state index contributed by atoms with van der Waals surface area (Å²) in [6.07, 6.45) is -0.621. The van der Waals surface area contributed by atoms with Crippen LogP contribution in [0.4, 0.5) is 0 Å². The number of nitrogens with two attached hydrogens (primary N) is 3. The molecule has 0 aliphatic heterocycles. The number of carbonyl (C=O) groups is 5. The smallest absolute Gasteiger partial charge is 0.322 e. The molecule has 0 aromatic rings. The summed E-state index contributed by atoms with van der Waals surface area (Å²) in [6.45, 7) is -1.35. The first kappa shape index (κ1) is 26.5. The molecular formula is C15H27N7O8. The Hall–Kier alpha value is -3.46. The van der Waals surface area contributed by atoms with Gasteiger partial charge in [-0.3, -0.25) is 29.0 Å². The molecule has 0 saturated heterocycles. The lowest BCUT2D eigenvalue weighted by Gasteiger charge is -2.23. The average molecular weight is 433 g/mol. The number of nitrogens with zero attached hydrogens (tertiary/aromatic N) is 1. The van der Waals surface area contributed by atoms with E-state index in [4.69, 9.17) is 32.5 Å². The van der Waals surface area contributed by atoms with Crippen LogP contribution in [0.15, 0.2) is 4.99 Å². The van der Waals surface area contributed by atoms with Crippen LogP contribution in [-0.4, -0.2) is 88.8 Å². The highest BCUT2D eigenvalue weighted by molar-refractivity contribution is 5.95. The maximum absolute atomic E-state index is 12.5. The third kappa shape index (κ3) is 11.4. The molecule has 3 amide bonds. The second-order valence-electron chi connectivity index (χ2n) is 6.07. The molecule has 0 spiro atoms. The minimum atomic E-state index is -1.60. The molecule has 0 aromatic carbocycles. The molecule has 0 bridgehead atoms. The molecule has 0 aromatic heterocycles. The van der Waals surface area contributed by atoms with Gasteiger partial charge in [0.15, 0.2) is 5.96 Å². The number of carbonyl (C=O) groups excluding carboxylic acids is 3. The van der Waals surface area contributed by atoms with Crippen LogP contribution >= 0.6 is 0 Å². The average Bonchev–Trinajstić information content (AvgIpc) is 2.66. The first-order valence-electron chi connectivity index (χ1n) is 8.71. The van der Waals surface area contributed by atoms with Crippen molar-refractivity contribution in [2.24, 2.45) is 22.2 Å². The minimum absolute atomic E-state index is 0.0109. The van der Waals surface area contributed by atoms with Crippen molar-refractivity contribution in [2.75, 3.05) is 19.7 Å². The summed E-state index contributed by atoms with van der Waals surface area (Å²) < 4.78 is 0. The predicted octanol–water partition coefficient (Wildman–Crippen LogP) is -5.00. The van der Waals surface area contributed by atoms with Gasteiger partial charge in [0.05, 0.1) is 13.0 Å². The first-order valence-corrected chi connectivity index (χ1v) is 8.71. The van der Waals surface area contributed by atoms with E-state index >= 15 is 0 Å². The van der Waals surface area contributed by atoms with Crippen LogP contribution in [0.1, 0.15) is 19.3 Å². The Morgan fingerprint density at radius 1 is 0.900 bits per heavy atom. The number of aliphatic carboxylic acids is 2. The maximum atomic E-state index is 12.5. The molecule has 0 saturated carbocycles. The van der Waals surface area contributed by atoms with Gasteiger partial charge in [-0.15, -0.1) is 0 Å². The number of aliphatic hydroxyl groups is 1. The van der Waals surface area contributed by atoms with Crippen LogP contribution in [-0.2, 0) is 24.0 Å². The van der Waals surface area contributed by atoms with Crippen molar-refractivity contribution < 1.29 is 39.3 Å². The Bertz CT molecular complexity index is 665. The summed E-state index contributed by atoms with van der Waals surface area (Å²) in [6, 6.07) is -4.17. The number of rotatable bonds is 14. The fourth-order valence-electron chi connectivity index (χ4n) is 2.08. The van der Waals surface area contributed by atoms with Crippen molar-refractivity contribution in [3.8, 4) is 0 Å². The number of guanidine groups is 1. The van der Waals surface area contributed by atoms with Gasteiger partial charge in [0, 0.05) is 6.54 Å². The lowest BCUT2D eigenvalue weighted by Crippen LogP contribution is -2.56. The summed E-state index contributed by atoms with van der Waals surface area (Å²) >= 11 is 0. The second kappa shape index (κ2) is 13.7. The highest BCUT2D eigenvalue weighted by atomic mass is 16.4. The van der Waals surface area contributed by atoms with Crippen LogP contribution in [0.5, 0.6) is 0 Å². The normalized spacial score (nSPS) is 13.3. The summed E-state index contributed by atoms with van der Waals surface area (Å²) in [5.41, 5.74) is 15.8. The molecule has 0 heterocycles. The Morgan fingerprint density at radius 3 is 2.00 bits per heavy atom. The lowest BCUT2D eigenvalue weighted by molar-refractivity contribution is -0.141. The number of aliphatic hydroxyl groups excluding tert-OH is 1.